The lowest BCUT2D eigenvalue weighted by Gasteiger charge is -2.23. The molecule has 1 saturated heterocycles. The van der Waals surface area contributed by atoms with Gasteiger partial charge < -0.3 is 15.3 Å². The van der Waals surface area contributed by atoms with Crippen LogP contribution in [0.1, 0.15) is 19.4 Å². The lowest BCUT2D eigenvalue weighted by atomic mass is 10.00. The molecule has 0 spiro atoms. The van der Waals surface area contributed by atoms with Crippen molar-refractivity contribution in [2.75, 3.05) is 18.0 Å². The molecule has 3 atom stereocenters. The van der Waals surface area contributed by atoms with Gasteiger partial charge in [-0.15, -0.1) is 0 Å². The number of hydrogen-bond acceptors (Lipinski definition) is 6. The Balaban J connectivity index is 1.22. The van der Waals surface area contributed by atoms with Gasteiger partial charge in [0.2, 0.25) is 5.91 Å². The maximum Gasteiger partial charge on any atom is 0.249 e. The Kier molecular flexibility index (Phi) is 5.50. The molecule has 0 radical (unpaired) electrons. The van der Waals surface area contributed by atoms with Crippen LogP contribution in [0.2, 0.25) is 0 Å². The zero-order valence-electron chi connectivity index (χ0n) is 21.0. The highest BCUT2D eigenvalue weighted by atomic mass is 16.3. The molecule has 1 aliphatic carbocycles. The van der Waals surface area contributed by atoms with Crippen molar-refractivity contribution in [3.05, 3.63) is 60.7 Å². The Hall–Kier alpha value is -4.16. The fraction of sp³-hybridized carbons (Fsp3) is 0.357. The fourth-order valence-corrected chi connectivity index (χ4v) is 5.51. The van der Waals surface area contributed by atoms with Crippen LogP contribution in [0.3, 0.4) is 0 Å². The number of carbonyl (C=O) groups excluding carboxylic acids is 1. The molecule has 1 amide bonds. The molecule has 2 fully saturated rings. The molecule has 4 heterocycles. The summed E-state index contributed by atoms with van der Waals surface area (Å²) in [6.45, 7) is 5.46. The summed E-state index contributed by atoms with van der Waals surface area (Å²) in [6.07, 6.45) is 6.36. The average molecular weight is 496 g/mol. The first-order chi connectivity index (χ1) is 17.8. The summed E-state index contributed by atoms with van der Waals surface area (Å²) in [5, 5.41) is 31.4. The summed E-state index contributed by atoms with van der Waals surface area (Å²) < 4.78 is 3.53. The molecular weight excluding hydrogens is 466 g/mol. The number of nitrogens with one attached hydrogen (secondary N) is 1. The van der Waals surface area contributed by atoms with Crippen LogP contribution in [0.15, 0.2) is 55.1 Å². The van der Waals surface area contributed by atoms with Crippen molar-refractivity contribution in [2.24, 2.45) is 24.8 Å². The van der Waals surface area contributed by atoms with Crippen LogP contribution in [-0.4, -0.2) is 55.6 Å². The molecule has 0 bridgehead atoms. The van der Waals surface area contributed by atoms with Gasteiger partial charge in [-0.05, 0) is 29.7 Å². The van der Waals surface area contributed by atoms with E-state index in [1.807, 2.05) is 39.5 Å². The van der Waals surface area contributed by atoms with E-state index in [1.165, 1.54) is 0 Å². The molecule has 2 aliphatic rings. The van der Waals surface area contributed by atoms with E-state index in [-0.39, 0.29) is 17.9 Å². The number of piperidine rings is 1. The number of anilines is 1. The third-order valence-electron chi connectivity index (χ3n) is 7.72. The molecular formula is C28H29N7O2. The minimum absolute atomic E-state index is 0.0910. The van der Waals surface area contributed by atoms with Crippen molar-refractivity contribution in [1.82, 2.24) is 24.7 Å². The largest absolute Gasteiger partial charge is 0.383 e. The standard InChI is InChI=1S/C28H29N7O2/c1-16(2)27(36)28(37)32-25-23-14-34(15-24(23)25)21-6-4-17(5-7-21)22-8-18(20-11-30-33(3)12-20)13-35-26(22)19(9-29)10-31-35/h4-8,10-13,16,23-25,27,36H,14-15H2,1-3H3,(H,32,37). The zero-order valence-corrected chi connectivity index (χ0v) is 21.0. The fourth-order valence-electron chi connectivity index (χ4n) is 5.51. The molecule has 9 heteroatoms. The quantitative estimate of drug-likeness (QED) is 0.426. The van der Waals surface area contributed by atoms with Gasteiger partial charge in [-0.1, -0.05) is 26.0 Å². The molecule has 9 nitrogen and oxygen atoms in total. The van der Waals surface area contributed by atoms with Gasteiger partial charge in [-0.25, -0.2) is 4.52 Å². The highest BCUT2D eigenvalue weighted by Gasteiger charge is 2.56. The van der Waals surface area contributed by atoms with E-state index >= 15 is 0 Å². The van der Waals surface area contributed by atoms with Crippen molar-refractivity contribution in [3.8, 4) is 28.3 Å². The van der Waals surface area contributed by atoms with E-state index in [9.17, 15) is 15.2 Å². The second-order valence-corrected chi connectivity index (χ2v) is 10.5. The monoisotopic (exact) mass is 495 g/mol. The van der Waals surface area contributed by atoms with Crippen LogP contribution in [0.4, 0.5) is 5.69 Å². The first kappa shape index (κ1) is 23.3. The van der Waals surface area contributed by atoms with E-state index in [4.69, 9.17) is 0 Å². The van der Waals surface area contributed by atoms with Crippen LogP contribution < -0.4 is 10.2 Å². The number of aromatic nitrogens is 4. The third-order valence-corrected chi connectivity index (χ3v) is 7.72. The van der Waals surface area contributed by atoms with Gasteiger partial charge in [0.25, 0.3) is 0 Å². The highest BCUT2D eigenvalue weighted by molar-refractivity contribution is 5.88. The average Bonchev–Trinajstić information content (AvgIpc) is 3.36. The summed E-state index contributed by atoms with van der Waals surface area (Å²) in [4.78, 5) is 14.6. The maximum atomic E-state index is 12.2. The summed E-state index contributed by atoms with van der Waals surface area (Å²) in [5.74, 6) is 0.487. The van der Waals surface area contributed by atoms with Crippen LogP contribution in [0.25, 0.3) is 27.8 Å². The Bertz CT molecular complexity index is 1520. The van der Waals surface area contributed by atoms with Gasteiger partial charge in [0.05, 0.1) is 23.5 Å². The van der Waals surface area contributed by atoms with Crippen molar-refractivity contribution < 1.29 is 9.90 Å². The number of aliphatic hydroxyl groups excluding tert-OH is 1. The first-order valence-corrected chi connectivity index (χ1v) is 12.6. The molecule has 3 aromatic heterocycles. The van der Waals surface area contributed by atoms with E-state index in [2.05, 4.69) is 56.8 Å². The molecule has 1 saturated carbocycles. The van der Waals surface area contributed by atoms with Gasteiger partial charge >= 0.3 is 0 Å². The van der Waals surface area contributed by atoms with Gasteiger partial charge in [0.15, 0.2) is 0 Å². The molecule has 4 aromatic rings. The summed E-state index contributed by atoms with van der Waals surface area (Å²) in [7, 11) is 1.89. The molecule has 37 heavy (non-hydrogen) atoms. The van der Waals surface area contributed by atoms with E-state index < -0.39 is 6.10 Å². The van der Waals surface area contributed by atoms with Gasteiger partial charge in [0, 0.05) is 72.8 Å². The number of pyridine rings is 1. The van der Waals surface area contributed by atoms with E-state index in [0.717, 1.165) is 46.5 Å². The number of nitriles is 1. The van der Waals surface area contributed by atoms with E-state index in [0.29, 0.717) is 17.4 Å². The number of aliphatic hydroxyl groups is 1. The molecule has 1 aromatic carbocycles. The lowest BCUT2D eigenvalue weighted by molar-refractivity contribution is -0.131. The number of hydrogen-bond donors (Lipinski definition) is 2. The second-order valence-electron chi connectivity index (χ2n) is 10.5. The second kappa shape index (κ2) is 8.75. The third kappa shape index (κ3) is 4.03. The smallest absolute Gasteiger partial charge is 0.249 e. The number of benzene rings is 1. The summed E-state index contributed by atoms with van der Waals surface area (Å²) in [5.41, 5.74) is 6.36. The molecule has 1 aliphatic heterocycles. The Morgan fingerprint density at radius 2 is 1.81 bits per heavy atom. The number of amides is 1. The SMILES string of the molecule is CC(C)C(O)C(=O)NC1C2CN(c3ccc(-c4cc(-c5cnn(C)c5)cn5ncc(C#N)c45)cc3)CC21. The lowest BCUT2D eigenvalue weighted by Crippen LogP contribution is -2.42. The van der Waals surface area contributed by atoms with Gasteiger partial charge in [-0.3, -0.25) is 9.48 Å². The number of nitrogens with zero attached hydrogens (tertiary/aromatic N) is 6. The van der Waals surface area contributed by atoms with Crippen LogP contribution >= 0.6 is 0 Å². The Morgan fingerprint density at radius 1 is 1.08 bits per heavy atom. The van der Waals surface area contributed by atoms with Crippen LogP contribution in [-0.2, 0) is 11.8 Å². The summed E-state index contributed by atoms with van der Waals surface area (Å²) in [6, 6.07) is 12.9. The number of fused-ring (bicyclic) bond motifs is 2. The molecule has 3 unspecified atom stereocenters. The van der Waals surface area contributed by atoms with Gasteiger partial charge in [0.1, 0.15) is 12.2 Å². The molecule has 6 rings (SSSR count). The van der Waals surface area contributed by atoms with Crippen LogP contribution in [0.5, 0.6) is 0 Å². The van der Waals surface area contributed by atoms with E-state index in [1.54, 1.807) is 15.4 Å². The molecule has 2 N–H and O–H groups in total. The number of rotatable bonds is 6. The van der Waals surface area contributed by atoms with Crippen molar-refractivity contribution in [3.63, 3.8) is 0 Å². The topological polar surface area (TPSA) is 111 Å². The Labute approximate surface area is 214 Å². The summed E-state index contributed by atoms with van der Waals surface area (Å²) >= 11 is 0. The van der Waals surface area contributed by atoms with Gasteiger partial charge in [-0.2, -0.15) is 15.5 Å². The van der Waals surface area contributed by atoms with Crippen LogP contribution in [0, 0.1) is 29.1 Å². The number of aryl methyl sites for hydroxylation is 1. The first-order valence-electron chi connectivity index (χ1n) is 12.6. The normalized spacial score (nSPS) is 21.2. The van der Waals surface area contributed by atoms with Crippen molar-refractivity contribution in [1.29, 1.82) is 5.26 Å². The minimum Gasteiger partial charge on any atom is -0.383 e. The van der Waals surface area contributed by atoms with Crippen molar-refractivity contribution >= 4 is 17.1 Å². The zero-order chi connectivity index (χ0) is 25.8. The minimum atomic E-state index is -0.953. The maximum absolute atomic E-state index is 12.2. The highest BCUT2D eigenvalue weighted by Crippen LogP contribution is 2.47. The number of carbonyl (C=O) groups is 1. The predicted octanol–water partition coefficient (Wildman–Crippen LogP) is 2.84. The Morgan fingerprint density at radius 3 is 2.43 bits per heavy atom. The molecule has 188 valence electrons. The van der Waals surface area contributed by atoms with Crippen molar-refractivity contribution in [2.45, 2.75) is 26.0 Å². The predicted molar refractivity (Wildman–Crippen MR) is 140 cm³/mol.